The van der Waals surface area contributed by atoms with Crippen LogP contribution in [0.5, 0.6) is 0 Å². The molecule has 2 unspecified atom stereocenters. The lowest BCUT2D eigenvalue weighted by Gasteiger charge is -2.58. The van der Waals surface area contributed by atoms with Crippen LogP contribution in [0.25, 0.3) is 0 Å². The Hall–Kier alpha value is -0.300. The van der Waals surface area contributed by atoms with Crippen molar-refractivity contribution in [1.29, 1.82) is 0 Å². The summed E-state index contributed by atoms with van der Waals surface area (Å²) in [7, 11) is 0. The van der Waals surface area contributed by atoms with Crippen molar-refractivity contribution in [2.75, 3.05) is 12.3 Å². The number of carbonyl (C=O) groups is 1. The number of aliphatic hydroxyl groups excluding tert-OH is 2. The maximum absolute atomic E-state index is 11.2. The molecule has 1 aliphatic carbocycles. The van der Waals surface area contributed by atoms with Crippen LogP contribution < -0.4 is 5.73 Å². The normalized spacial score (nSPS) is 39.9. The van der Waals surface area contributed by atoms with E-state index >= 15 is 0 Å². The fourth-order valence-electron chi connectivity index (χ4n) is 3.00. The van der Waals surface area contributed by atoms with Gasteiger partial charge < -0.3 is 15.9 Å². The summed E-state index contributed by atoms with van der Waals surface area (Å²) in [5, 5.41) is 19.7. The third-order valence-electron chi connectivity index (χ3n) is 4.21. The fraction of sp³-hybridized carbons (Fsp3) is 0.909. The lowest BCUT2D eigenvalue weighted by Crippen LogP contribution is -2.70. The molecule has 1 spiro atoms. The predicted molar refractivity (Wildman–Crippen MR) is 66.5 cm³/mol. The minimum Gasteiger partial charge on any atom is -0.393 e. The van der Waals surface area contributed by atoms with E-state index in [4.69, 9.17) is 5.73 Å². The van der Waals surface area contributed by atoms with E-state index in [1.165, 1.54) is 0 Å². The Morgan fingerprint density at radius 1 is 1.47 bits per heavy atom. The van der Waals surface area contributed by atoms with Gasteiger partial charge in [0, 0.05) is 17.7 Å². The lowest BCUT2D eigenvalue weighted by molar-refractivity contribution is -0.224. The van der Waals surface area contributed by atoms with Crippen LogP contribution in [0, 0.1) is 5.41 Å². The molecule has 2 atom stereocenters. The molecule has 4 N–H and O–H groups in total. The third kappa shape index (κ3) is 2.19. The molecule has 98 valence electrons. The monoisotopic (exact) mass is 260 g/mol. The van der Waals surface area contributed by atoms with Gasteiger partial charge >= 0.3 is 0 Å². The standard InChI is InChI=1S/C11H20N2O3S/c12-9(15)8(5-17)13-6-11(10(13)16)3-1-7(14)2-4-11/h7-8,10,14,16-17H,1-6H2,(H2,12,15). The molecule has 1 amide bonds. The molecule has 2 fully saturated rings. The Morgan fingerprint density at radius 2 is 2.06 bits per heavy atom. The highest BCUT2D eigenvalue weighted by molar-refractivity contribution is 7.80. The van der Waals surface area contributed by atoms with E-state index in [2.05, 4.69) is 12.6 Å². The van der Waals surface area contributed by atoms with Crippen molar-refractivity contribution in [3.63, 3.8) is 0 Å². The second kappa shape index (κ2) is 4.76. The van der Waals surface area contributed by atoms with Crippen molar-refractivity contribution in [2.24, 2.45) is 11.1 Å². The maximum atomic E-state index is 11.2. The zero-order chi connectivity index (χ0) is 12.6. The van der Waals surface area contributed by atoms with Crippen molar-refractivity contribution < 1.29 is 15.0 Å². The molecule has 1 aliphatic heterocycles. The fourth-order valence-corrected chi connectivity index (χ4v) is 3.39. The van der Waals surface area contributed by atoms with Crippen molar-refractivity contribution in [3.8, 4) is 0 Å². The average molecular weight is 260 g/mol. The van der Waals surface area contributed by atoms with Crippen LogP contribution >= 0.6 is 12.6 Å². The first kappa shape index (κ1) is 13.1. The molecule has 6 heteroatoms. The number of hydrogen-bond acceptors (Lipinski definition) is 5. The molecule has 0 aromatic rings. The number of hydrogen-bond donors (Lipinski definition) is 4. The zero-order valence-electron chi connectivity index (χ0n) is 9.75. The summed E-state index contributed by atoms with van der Waals surface area (Å²) in [6.07, 6.45) is 2.21. The van der Waals surface area contributed by atoms with Crippen molar-refractivity contribution in [3.05, 3.63) is 0 Å². The van der Waals surface area contributed by atoms with Crippen LogP contribution in [-0.2, 0) is 4.79 Å². The van der Waals surface area contributed by atoms with Gasteiger partial charge in [0.2, 0.25) is 5.91 Å². The first-order valence-corrected chi connectivity index (χ1v) is 6.65. The number of aliphatic hydroxyl groups is 2. The van der Waals surface area contributed by atoms with Gasteiger partial charge in [-0.15, -0.1) is 0 Å². The Bertz CT molecular complexity index is 305. The van der Waals surface area contributed by atoms with Gasteiger partial charge in [0.05, 0.1) is 12.1 Å². The number of nitrogens with zero attached hydrogens (tertiary/aromatic N) is 1. The average Bonchev–Trinajstić information content (AvgIpc) is 2.30. The van der Waals surface area contributed by atoms with E-state index in [1.807, 2.05) is 0 Å². The Kier molecular flexibility index (Phi) is 3.68. The highest BCUT2D eigenvalue weighted by Crippen LogP contribution is 2.48. The van der Waals surface area contributed by atoms with Gasteiger partial charge in [0.1, 0.15) is 6.23 Å². The summed E-state index contributed by atoms with van der Waals surface area (Å²) in [4.78, 5) is 12.9. The minimum atomic E-state index is -0.625. The summed E-state index contributed by atoms with van der Waals surface area (Å²) < 4.78 is 0. The molecule has 0 aromatic carbocycles. The second-order valence-corrected chi connectivity index (χ2v) is 5.61. The maximum Gasteiger partial charge on any atom is 0.235 e. The van der Waals surface area contributed by atoms with Gasteiger partial charge in [-0.25, -0.2) is 0 Å². The molecular formula is C11H20N2O3S. The van der Waals surface area contributed by atoms with Crippen LogP contribution in [0.4, 0.5) is 0 Å². The Balaban J connectivity index is 1.98. The highest BCUT2D eigenvalue weighted by atomic mass is 32.1. The van der Waals surface area contributed by atoms with Crippen LogP contribution in [0.2, 0.25) is 0 Å². The molecule has 0 bridgehead atoms. The van der Waals surface area contributed by atoms with Crippen molar-refractivity contribution >= 4 is 18.5 Å². The number of amides is 1. The van der Waals surface area contributed by atoms with Crippen molar-refractivity contribution in [2.45, 2.75) is 44.1 Å². The number of rotatable bonds is 3. The first-order valence-electron chi connectivity index (χ1n) is 6.02. The zero-order valence-corrected chi connectivity index (χ0v) is 10.6. The van der Waals surface area contributed by atoms with E-state index in [0.29, 0.717) is 12.3 Å². The Labute approximate surface area is 106 Å². The van der Waals surface area contributed by atoms with Gasteiger partial charge in [0.15, 0.2) is 0 Å². The van der Waals surface area contributed by atoms with E-state index in [0.717, 1.165) is 25.7 Å². The molecule has 2 rings (SSSR count). The lowest BCUT2D eigenvalue weighted by atomic mass is 9.66. The molecule has 1 heterocycles. The Morgan fingerprint density at radius 3 is 2.47 bits per heavy atom. The van der Waals surface area contributed by atoms with Gasteiger partial charge in [-0.05, 0) is 25.7 Å². The third-order valence-corrected chi connectivity index (χ3v) is 4.56. The van der Waals surface area contributed by atoms with E-state index in [1.54, 1.807) is 4.90 Å². The van der Waals surface area contributed by atoms with Crippen LogP contribution in [0.15, 0.2) is 0 Å². The van der Waals surface area contributed by atoms with Gasteiger partial charge in [-0.1, -0.05) is 0 Å². The largest absolute Gasteiger partial charge is 0.393 e. The summed E-state index contributed by atoms with van der Waals surface area (Å²) >= 11 is 4.10. The summed E-state index contributed by atoms with van der Waals surface area (Å²) in [5.74, 6) is -0.116. The molecule has 17 heavy (non-hydrogen) atoms. The van der Waals surface area contributed by atoms with E-state index in [9.17, 15) is 15.0 Å². The molecular weight excluding hydrogens is 240 g/mol. The first-order chi connectivity index (χ1) is 8.00. The van der Waals surface area contributed by atoms with Gasteiger partial charge in [0.25, 0.3) is 0 Å². The molecule has 5 nitrogen and oxygen atoms in total. The number of nitrogens with two attached hydrogens (primary N) is 1. The molecule has 2 aliphatic rings. The smallest absolute Gasteiger partial charge is 0.235 e. The number of primary amides is 1. The summed E-state index contributed by atoms with van der Waals surface area (Å²) in [6, 6.07) is -0.495. The number of carbonyl (C=O) groups excluding carboxylic acids is 1. The van der Waals surface area contributed by atoms with Gasteiger partial charge in [-0.2, -0.15) is 12.6 Å². The predicted octanol–water partition coefficient (Wildman–Crippen LogP) is -0.675. The minimum absolute atomic E-state index is 0.143. The topological polar surface area (TPSA) is 86.8 Å². The number of thiol groups is 1. The van der Waals surface area contributed by atoms with Crippen molar-refractivity contribution in [1.82, 2.24) is 4.90 Å². The van der Waals surface area contributed by atoms with Crippen LogP contribution in [-0.4, -0.2) is 51.7 Å². The summed E-state index contributed by atoms with van der Waals surface area (Å²) in [5.41, 5.74) is 5.14. The highest BCUT2D eigenvalue weighted by Gasteiger charge is 2.55. The molecule has 1 saturated heterocycles. The SMILES string of the molecule is NC(=O)C(CS)N1CC2(CCC(O)CC2)C1O. The van der Waals surface area contributed by atoms with Crippen LogP contribution in [0.3, 0.4) is 0 Å². The molecule has 0 radical (unpaired) electrons. The quantitative estimate of drug-likeness (QED) is 0.507. The van der Waals surface area contributed by atoms with E-state index < -0.39 is 18.2 Å². The van der Waals surface area contributed by atoms with Crippen LogP contribution in [0.1, 0.15) is 25.7 Å². The van der Waals surface area contributed by atoms with Gasteiger partial charge in [-0.3, -0.25) is 9.69 Å². The second-order valence-electron chi connectivity index (χ2n) is 5.24. The molecule has 1 saturated carbocycles. The molecule has 0 aromatic heterocycles. The van der Waals surface area contributed by atoms with E-state index in [-0.39, 0.29) is 11.5 Å². The summed E-state index contributed by atoms with van der Waals surface area (Å²) in [6.45, 7) is 0.676. The number of likely N-dealkylation sites (tertiary alicyclic amines) is 1.